The lowest BCUT2D eigenvalue weighted by Crippen LogP contribution is -2.39. The Morgan fingerprint density at radius 1 is 1.92 bits per heavy atom. The Hall–Kier alpha value is -1.43. The van der Waals surface area contributed by atoms with E-state index in [9.17, 15) is 9.59 Å². The van der Waals surface area contributed by atoms with Gasteiger partial charge in [-0.3, -0.25) is 9.59 Å². The van der Waals surface area contributed by atoms with E-state index in [2.05, 4.69) is 10.5 Å². The van der Waals surface area contributed by atoms with E-state index >= 15 is 0 Å². The van der Waals surface area contributed by atoms with Crippen molar-refractivity contribution in [3.05, 3.63) is 0 Å². The molecule has 0 fully saturated rings. The Kier molecular flexibility index (Phi) is 2.97. The van der Waals surface area contributed by atoms with Crippen LogP contribution in [-0.4, -0.2) is 29.2 Å². The number of nitrogens with zero attached hydrogens (tertiary/aromatic N) is 1. The van der Waals surface area contributed by atoms with Crippen molar-refractivity contribution < 1.29 is 14.7 Å². The number of carbonyl (C=O) groups is 2. The van der Waals surface area contributed by atoms with Gasteiger partial charge in [-0.1, -0.05) is 0 Å². The predicted molar refractivity (Wildman–Crippen MR) is 45.0 cm³/mol. The largest absolute Gasteiger partial charge is 0.480 e. The summed E-state index contributed by atoms with van der Waals surface area (Å²) in [5.41, 5.74) is 7.54. The van der Waals surface area contributed by atoms with Crippen LogP contribution in [0, 0.1) is 5.92 Å². The third-order valence-corrected chi connectivity index (χ3v) is 1.88. The predicted octanol–water partition coefficient (Wildman–Crippen LogP) is -1.09. The van der Waals surface area contributed by atoms with Crippen LogP contribution >= 0.6 is 0 Å². The molecule has 2 atom stereocenters. The minimum Gasteiger partial charge on any atom is -0.480 e. The molecule has 6 nitrogen and oxygen atoms in total. The summed E-state index contributed by atoms with van der Waals surface area (Å²) >= 11 is 0. The standard InChI is InChI=1S/C7H11N3O3/c8-5(7(12)13)3-4-1-2-9-10-6(4)11/h2,4-5H,1,3,8H2,(H,10,11)(H,12,13)/t4-,5-/m0/s1. The molecule has 1 rings (SSSR count). The number of hydrogen-bond acceptors (Lipinski definition) is 4. The molecule has 72 valence electrons. The van der Waals surface area contributed by atoms with Gasteiger partial charge in [-0.2, -0.15) is 5.10 Å². The lowest BCUT2D eigenvalue weighted by atomic mass is 9.96. The maximum absolute atomic E-state index is 11.1. The van der Waals surface area contributed by atoms with Crippen LogP contribution in [0.15, 0.2) is 5.10 Å². The summed E-state index contributed by atoms with van der Waals surface area (Å²) in [6, 6.07) is -0.984. The van der Waals surface area contributed by atoms with Gasteiger partial charge in [0.05, 0.1) is 0 Å². The van der Waals surface area contributed by atoms with Crippen molar-refractivity contribution in [3.63, 3.8) is 0 Å². The molecule has 1 heterocycles. The van der Waals surface area contributed by atoms with E-state index < -0.39 is 12.0 Å². The number of aliphatic carboxylic acids is 1. The highest BCUT2D eigenvalue weighted by molar-refractivity contribution is 5.85. The van der Waals surface area contributed by atoms with Crippen molar-refractivity contribution in [3.8, 4) is 0 Å². The number of amides is 1. The third kappa shape index (κ3) is 2.51. The number of carboxylic acids is 1. The number of hydrazone groups is 1. The van der Waals surface area contributed by atoms with Gasteiger partial charge in [0.1, 0.15) is 6.04 Å². The summed E-state index contributed by atoms with van der Waals surface area (Å²) in [6.45, 7) is 0. The molecule has 0 aromatic heterocycles. The maximum atomic E-state index is 11.1. The van der Waals surface area contributed by atoms with E-state index in [4.69, 9.17) is 10.8 Å². The van der Waals surface area contributed by atoms with Crippen molar-refractivity contribution >= 4 is 18.1 Å². The number of carbonyl (C=O) groups excluding carboxylic acids is 1. The second-order valence-electron chi connectivity index (χ2n) is 2.90. The fourth-order valence-electron chi connectivity index (χ4n) is 1.10. The molecule has 0 radical (unpaired) electrons. The van der Waals surface area contributed by atoms with Gasteiger partial charge >= 0.3 is 5.97 Å². The van der Waals surface area contributed by atoms with Crippen molar-refractivity contribution in [2.24, 2.45) is 16.8 Å². The number of hydrogen-bond donors (Lipinski definition) is 3. The zero-order valence-corrected chi connectivity index (χ0v) is 6.93. The van der Waals surface area contributed by atoms with E-state index in [1.54, 1.807) is 6.21 Å². The second-order valence-corrected chi connectivity index (χ2v) is 2.90. The number of rotatable bonds is 3. The molecule has 1 amide bonds. The SMILES string of the molecule is N[C@@H](C[C@@H]1CC=NNC1=O)C(=O)O. The van der Waals surface area contributed by atoms with Gasteiger partial charge in [-0.25, -0.2) is 5.43 Å². The Bertz CT molecular complexity index is 251. The first-order chi connectivity index (χ1) is 6.11. The van der Waals surface area contributed by atoms with Crippen LogP contribution in [-0.2, 0) is 9.59 Å². The van der Waals surface area contributed by atoms with Gasteiger partial charge in [0.25, 0.3) is 0 Å². The van der Waals surface area contributed by atoms with Gasteiger partial charge in [-0.15, -0.1) is 0 Å². The fourth-order valence-corrected chi connectivity index (χ4v) is 1.10. The van der Waals surface area contributed by atoms with Crippen LogP contribution in [0.25, 0.3) is 0 Å². The van der Waals surface area contributed by atoms with Crippen LogP contribution in [0.4, 0.5) is 0 Å². The highest BCUT2D eigenvalue weighted by Gasteiger charge is 2.25. The summed E-state index contributed by atoms with van der Waals surface area (Å²) in [4.78, 5) is 21.5. The average Bonchev–Trinajstić information content (AvgIpc) is 2.08. The molecule has 13 heavy (non-hydrogen) atoms. The Balaban J connectivity index is 2.48. The maximum Gasteiger partial charge on any atom is 0.320 e. The van der Waals surface area contributed by atoms with E-state index in [0.717, 1.165) is 0 Å². The smallest absolute Gasteiger partial charge is 0.320 e. The number of carboxylic acid groups (broad SMARTS) is 1. The summed E-state index contributed by atoms with van der Waals surface area (Å²) < 4.78 is 0. The van der Waals surface area contributed by atoms with Gasteiger partial charge in [0.2, 0.25) is 5.91 Å². The molecular formula is C7H11N3O3. The normalized spacial score (nSPS) is 23.8. The fraction of sp³-hybridized carbons (Fsp3) is 0.571. The molecular weight excluding hydrogens is 174 g/mol. The van der Waals surface area contributed by atoms with Crippen molar-refractivity contribution in [1.29, 1.82) is 0 Å². The molecule has 0 spiro atoms. The van der Waals surface area contributed by atoms with E-state index in [1.807, 2.05) is 0 Å². The topological polar surface area (TPSA) is 105 Å². The molecule has 0 aromatic rings. The summed E-state index contributed by atoms with van der Waals surface area (Å²) in [5.74, 6) is -1.72. The second kappa shape index (κ2) is 3.99. The summed E-state index contributed by atoms with van der Waals surface area (Å²) in [7, 11) is 0. The van der Waals surface area contributed by atoms with E-state index in [0.29, 0.717) is 6.42 Å². The minimum atomic E-state index is -1.09. The summed E-state index contributed by atoms with van der Waals surface area (Å²) in [6.07, 6.45) is 2.14. The van der Waals surface area contributed by atoms with Crippen molar-refractivity contribution in [2.75, 3.05) is 0 Å². The molecule has 0 unspecified atom stereocenters. The molecule has 1 aliphatic heterocycles. The third-order valence-electron chi connectivity index (χ3n) is 1.88. The molecule has 0 saturated heterocycles. The first-order valence-electron chi connectivity index (χ1n) is 3.91. The van der Waals surface area contributed by atoms with Crippen LogP contribution in [0.1, 0.15) is 12.8 Å². The summed E-state index contributed by atoms with van der Waals surface area (Å²) in [5, 5.41) is 12.1. The van der Waals surface area contributed by atoms with Crippen LogP contribution in [0.5, 0.6) is 0 Å². The van der Waals surface area contributed by atoms with Crippen LogP contribution in [0.3, 0.4) is 0 Å². The van der Waals surface area contributed by atoms with Crippen LogP contribution < -0.4 is 11.2 Å². The number of nitrogens with two attached hydrogens (primary N) is 1. The first-order valence-corrected chi connectivity index (χ1v) is 3.91. The van der Waals surface area contributed by atoms with Gasteiger partial charge in [0, 0.05) is 12.1 Å². The van der Waals surface area contributed by atoms with E-state index in [1.165, 1.54) is 0 Å². The molecule has 0 bridgehead atoms. The molecule has 0 aromatic carbocycles. The Labute approximate surface area is 74.8 Å². The quantitative estimate of drug-likeness (QED) is 0.519. The van der Waals surface area contributed by atoms with Crippen molar-refractivity contribution in [1.82, 2.24) is 5.43 Å². The molecule has 1 aliphatic rings. The molecule has 4 N–H and O–H groups in total. The van der Waals surface area contributed by atoms with E-state index in [-0.39, 0.29) is 18.2 Å². The first kappa shape index (κ1) is 9.66. The Morgan fingerprint density at radius 2 is 2.62 bits per heavy atom. The molecule has 0 saturated carbocycles. The highest BCUT2D eigenvalue weighted by atomic mass is 16.4. The zero-order valence-electron chi connectivity index (χ0n) is 6.93. The lowest BCUT2D eigenvalue weighted by Gasteiger charge is -2.17. The number of nitrogens with one attached hydrogen (secondary N) is 1. The zero-order chi connectivity index (χ0) is 9.84. The monoisotopic (exact) mass is 185 g/mol. The molecule has 0 aliphatic carbocycles. The molecule has 6 heteroatoms. The lowest BCUT2D eigenvalue weighted by molar-refractivity contribution is -0.139. The van der Waals surface area contributed by atoms with Gasteiger partial charge < -0.3 is 10.8 Å². The average molecular weight is 185 g/mol. The Morgan fingerprint density at radius 3 is 3.15 bits per heavy atom. The van der Waals surface area contributed by atoms with Crippen LogP contribution in [0.2, 0.25) is 0 Å². The minimum absolute atomic E-state index is 0.146. The van der Waals surface area contributed by atoms with Gasteiger partial charge in [0.15, 0.2) is 0 Å². The van der Waals surface area contributed by atoms with Crippen molar-refractivity contribution in [2.45, 2.75) is 18.9 Å². The van der Waals surface area contributed by atoms with Gasteiger partial charge in [-0.05, 0) is 12.8 Å². The highest BCUT2D eigenvalue weighted by Crippen LogP contribution is 2.12.